The third-order valence-electron chi connectivity index (χ3n) is 6.01. The number of pyridine rings is 1. The first kappa shape index (κ1) is 25.3. The van der Waals surface area contributed by atoms with Crippen molar-refractivity contribution in [2.24, 2.45) is 0 Å². The summed E-state index contributed by atoms with van der Waals surface area (Å²) >= 11 is 0. The molecular weight excluding hydrogens is 420 g/mol. The van der Waals surface area contributed by atoms with Gasteiger partial charge in [0, 0.05) is 37.6 Å². The lowest BCUT2D eigenvalue weighted by molar-refractivity contribution is 0.0834. The molecule has 0 bridgehead atoms. The molecule has 0 spiro atoms. The van der Waals surface area contributed by atoms with Gasteiger partial charge in [-0.3, -0.25) is 4.18 Å². The van der Waals surface area contributed by atoms with E-state index in [1.807, 2.05) is 19.2 Å². The Bertz CT molecular complexity index is 802. The largest absolute Gasteiger partial charge is 0.415 e. The van der Waals surface area contributed by atoms with Crippen LogP contribution in [0.4, 0.5) is 5.82 Å². The molecule has 0 unspecified atom stereocenters. The number of aromatic nitrogens is 1. The van der Waals surface area contributed by atoms with E-state index in [1.54, 1.807) is 0 Å². The molecule has 1 aromatic rings. The SMILES string of the molecule is Cc1cnc(N(CCO[Si](C)(C)C(C)(C)C)C2CCOCC2)c(COS(C)(=O)=O)c1. The zero-order chi connectivity index (χ0) is 22.6. The fourth-order valence-corrected chi connectivity index (χ4v) is 4.61. The molecule has 0 aromatic carbocycles. The number of hydrogen-bond acceptors (Lipinski definition) is 7. The van der Waals surface area contributed by atoms with E-state index in [2.05, 4.69) is 43.7 Å². The Morgan fingerprint density at radius 3 is 2.47 bits per heavy atom. The number of aryl methyl sites for hydroxylation is 1. The van der Waals surface area contributed by atoms with Gasteiger partial charge in [0.15, 0.2) is 8.32 Å². The molecule has 1 aromatic heterocycles. The second kappa shape index (κ2) is 10.1. The van der Waals surface area contributed by atoms with Gasteiger partial charge in [-0.05, 0) is 49.5 Å². The molecule has 2 rings (SSSR count). The van der Waals surface area contributed by atoms with Gasteiger partial charge < -0.3 is 14.1 Å². The summed E-state index contributed by atoms with van der Waals surface area (Å²) in [6.45, 7) is 15.9. The molecule has 0 saturated carbocycles. The van der Waals surface area contributed by atoms with Crippen molar-refractivity contribution < 1.29 is 21.8 Å². The number of nitrogens with zero attached hydrogens (tertiary/aromatic N) is 2. The van der Waals surface area contributed by atoms with Crippen molar-refractivity contribution in [3.8, 4) is 0 Å². The molecule has 9 heteroatoms. The predicted molar refractivity (Wildman–Crippen MR) is 123 cm³/mol. The Balaban J connectivity index is 2.26. The van der Waals surface area contributed by atoms with Crippen LogP contribution in [-0.4, -0.2) is 60.4 Å². The van der Waals surface area contributed by atoms with Crippen LogP contribution in [0.15, 0.2) is 12.3 Å². The number of ether oxygens (including phenoxy) is 1. The minimum atomic E-state index is -3.54. The van der Waals surface area contributed by atoms with Gasteiger partial charge in [-0.1, -0.05) is 20.8 Å². The van der Waals surface area contributed by atoms with Crippen LogP contribution in [0, 0.1) is 6.92 Å². The quantitative estimate of drug-likeness (QED) is 0.410. The summed E-state index contributed by atoms with van der Waals surface area (Å²) in [5.74, 6) is 0.773. The van der Waals surface area contributed by atoms with Gasteiger partial charge in [-0.15, -0.1) is 0 Å². The third kappa shape index (κ3) is 7.30. The van der Waals surface area contributed by atoms with Crippen LogP contribution in [0.3, 0.4) is 0 Å². The normalized spacial score (nSPS) is 16.6. The number of anilines is 1. The zero-order valence-electron chi connectivity index (χ0n) is 19.5. The van der Waals surface area contributed by atoms with E-state index in [1.165, 1.54) is 0 Å². The third-order valence-corrected chi connectivity index (χ3v) is 11.1. The van der Waals surface area contributed by atoms with Crippen molar-refractivity contribution in [1.82, 2.24) is 4.98 Å². The van der Waals surface area contributed by atoms with Gasteiger partial charge >= 0.3 is 0 Å². The molecule has 30 heavy (non-hydrogen) atoms. The van der Waals surface area contributed by atoms with Crippen LogP contribution in [0.2, 0.25) is 18.1 Å². The van der Waals surface area contributed by atoms with Crippen molar-refractivity contribution >= 4 is 24.3 Å². The van der Waals surface area contributed by atoms with Crippen molar-refractivity contribution in [3.05, 3.63) is 23.4 Å². The minimum absolute atomic E-state index is 0.0222. The molecule has 0 radical (unpaired) electrons. The van der Waals surface area contributed by atoms with Crippen LogP contribution in [-0.2, 0) is 30.1 Å². The smallest absolute Gasteiger partial charge is 0.264 e. The monoisotopic (exact) mass is 458 g/mol. The van der Waals surface area contributed by atoms with Crippen LogP contribution in [0.1, 0.15) is 44.7 Å². The summed E-state index contributed by atoms with van der Waals surface area (Å²) in [6, 6.07) is 2.23. The Morgan fingerprint density at radius 2 is 1.90 bits per heavy atom. The van der Waals surface area contributed by atoms with Crippen molar-refractivity contribution in [2.75, 3.05) is 37.5 Å². The highest BCUT2D eigenvalue weighted by atomic mass is 32.2. The topological polar surface area (TPSA) is 78.0 Å². The second-order valence-electron chi connectivity index (χ2n) is 9.61. The van der Waals surface area contributed by atoms with Gasteiger partial charge in [0.1, 0.15) is 5.82 Å². The molecule has 0 atom stereocenters. The molecular formula is C21H38N2O5SSi. The summed E-state index contributed by atoms with van der Waals surface area (Å²) in [5, 5.41) is 0.146. The van der Waals surface area contributed by atoms with Crippen molar-refractivity contribution in [1.29, 1.82) is 0 Å². The van der Waals surface area contributed by atoms with Gasteiger partial charge in [-0.25, -0.2) is 4.98 Å². The van der Waals surface area contributed by atoms with E-state index in [0.717, 1.165) is 36.0 Å². The van der Waals surface area contributed by atoms with Gasteiger partial charge in [0.2, 0.25) is 0 Å². The van der Waals surface area contributed by atoms with E-state index >= 15 is 0 Å². The molecule has 7 nitrogen and oxygen atoms in total. The summed E-state index contributed by atoms with van der Waals surface area (Å²) in [7, 11) is -5.40. The maximum absolute atomic E-state index is 11.6. The average Bonchev–Trinajstić information content (AvgIpc) is 2.63. The highest BCUT2D eigenvalue weighted by Gasteiger charge is 2.37. The minimum Gasteiger partial charge on any atom is -0.415 e. The van der Waals surface area contributed by atoms with E-state index in [9.17, 15) is 8.42 Å². The van der Waals surface area contributed by atoms with Gasteiger partial charge in [0.05, 0.1) is 19.5 Å². The van der Waals surface area contributed by atoms with Gasteiger partial charge in [-0.2, -0.15) is 8.42 Å². The molecule has 0 N–H and O–H groups in total. The van der Waals surface area contributed by atoms with Crippen LogP contribution < -0.4 is 4.90 Å². The zero-order valence-corrected chi connectivity index (χ0v) is 21.3. The number of rotatable bonds is 9. The molecule has 2 heterocycles. The van der Waals surface area contributed by atoms with E-state index < -0.39 is 18.4 Å². The summed E-state index contributed by atoms with van der Waals surface area (Å²) in [5.41, 5.74) is 1.74. The first-order valence-corrected chi connectivity index (χ1v) is 15.3. The maximum atomic E-state index is 11.6. The van der Waals surface area contributed by atoms with E-state index in [4.69, 9.17) is 13.3 Å². The maximum Gasteiger partial charge on any atom is 0.264 e. The molecule has 172 valence electrons. The lowest BCUT2D eigenvalue weighted by atomic mass is 10.1. The predicted octanol–water partition coefficient (Wildman–Crippen LogP) is 3.87. The second-order valence-corrected chi connectivity index (χ2v) is 16.1. The summed E-state index contributed by atoms with van der Waals surface area (Å²) < 4.78 is 40.2. The van der Waals surface area contributed by atoms with Crippen LogP contribution >= 0.6 is 0 Å². The molecule has 1 fully saturated rings. The fourth-order valence-electron chi connectivity index (χ4n) is 3.23. The van der Waals surface area contributed by atoms with Crippen molar-refractivity contribution in [2.45, 2.75) is 71.3 Å². The Hall–Kier alpha value is -1.00. The van der Waals surface area contributed by atoms with E-state index in [0.29, 0.717) is 26.4 Å². The molecule has 0 aliphatic carbocycles. The Labute approximate surface area is 183 Å². The van der Waals surface area contributed by atoms with E-state index in [-0.39, 0.29) is 17.7 Å². The Morgan fingerprint density at radius 1 is 1.27 bits per heavy atom. The lowest BCUT2D eigenvalue weighted by Gasteiger charge is -2.39. The standard InChI is InChI=1S/C21H38N2O5SSi/c1-17-14-18(16-27-29(5,24)25)20(22-15-17)23(19-8-11-26-12-9-19)10-13-28-30(6,7)21(2,3)4/h14-15,19H,8-13,16H2,1-7H3. The first-order chi connectivity index (χ1) is 13.8. The summed E-state index contributed by atoms with van der Waals surface area (Å²) in [4.78, 5) is 6.94. The molecule has 1 saturated heterocycles. The molecule has 0 amide bonds. The lowest BCUT2D eigenvalue weighted by Crippen LogP contribution is -2.46. The fraction of sp³-hybridized carbons (Fsp3) is 0.762. The molecule has 1 aliphatic heterocycles. The molecule has 1 aliphatic rings. The Kier molecular flexibility index (Phi) is 8.49. The van der Waals surface area contributed by atoms with Crippen molar-refractivity contribution in [3.63, 3.8) is 0 Å². The first-order valence-electron chi connectivity index (χ1n) is 10.6. The van der Waals surface area contributed by atoms with Gasteiger partial charge in [0.25, 0.3) is 10.1 Å². The van der Waals surface area contributed by atoms with Crippen LogP contribution in [0.25, 0.3) is 0 Å². The average molecular weight is 459 g/mol. The van der Waals surface area contributed by atoms with Crippen LogP contribution in [0.5, 0.6) is 0 Å². The summed E-state index contributed by atoms with van der Waals surface area (Å²) in [6.07, 6.45) is 4.70. The highest BCUT2D eigenvalue weighted by molar-refractivity contribution is 7.85. The highest BCUT2D eigenvalue weighted by Crippen LogP contribution is 2.36. The number of hydrogen-bond donors (Lipinski definition) is 0.